The SMILES string of the molecule is CS(=O)(=O)Nc1ccc(Nc2ccc(F)c(F)c2F)nn1. The highest BCUT2D eigenvalue weighted by molar-refractivity contribution is 7.92. The summed E-state index contributed by atoms with van der Waals surface area (Å²) >= 11 is 0. The molecule has 21 heavy (non-hydrogen) atoms. The first kappa shape index (κ1) is 15.0. The van der Waals surface area contributed by atoms with Crippen molar-refractivity contribution in [1.82, 2.24) is 10.2 Å². The molecule has 1 heterocycles. The Morgan fingerprint density at radius 3 is 2.14 bits per heavy atom. The minimum absolute atomic E-state index is 0.0268. The summed E-state index contributed by atoms with van der Waals surface area (Å²) in [5.41, 5.74) is -0.327. The molecular weight excluding hydrogens is 309 g/mol. The molecule has 0 aliphatic carbocycles. The quantitative estimate of drug-likeness (QED) is 0.843. The third-order valence-corrected chi connectivity index (χ3v) is 2.83. The van der Waals surface area contributed by atoms with Gasteiger partial charge in [0.2, 0.25) is 10.0 Å². The summed E-state index contributed by atoms with van der Waals surface area (Å²) in [5, 5.41) is 9.52. The van der Waals surface area contributed by atoms with Gasteiger partial charge in [0.15, 0.2) is 29.1 Å². The number of hydrogen-bond donors (Lipinski definition) is 2. The Labute approximate surface area is 118 Å². The molecule has 0 aliphatic heterocycles. The number of nitrogens with one attached hydrogen (secondary N) is 2. The number of hydrogen-bond acceptors (Lipinski definition) is 5. The van der Waals surface area contributed by atoms with E-state index in [1.807, 2.05) is 0 Å². The van der Waals surface area contributed by atoms with Gasteiger partial charge in [-0.25, -0.2) is 21.6 Å². The van der Waals surface area contributed by atoms with Crippen LogP contribution in [-0.2, 0) is 10.0 Å². The zero-order valence-corrected chi connectivity index (χ0v) is 11.4. The van der Waals surface area contributed by atoms with E-state index in [9.17, 15) is 21.6 Å². The van der Waals surface area contributed by atoms with Gasteiger partial charge in [-0.3, -0.25) is 4.72 Å². The molecule has 6 nitrogen and oxygen atoms in total. The van der Waals surface area contributed by atoms with Gasteiger partial charge < -0.3 is 5.32 Å². The number of rotatable bonds is 4. The maximum Gasteiger partial charge on any atom is 0.231 e. The Bertz CT molecular complexity index is 766. The lowest BCUT2D eigenvalue weighted by atomic mass is 10.3. The third-order valence-electron chi connectivity index (χ3n) is 2.25. The van der Waals surface area contributed by atoms with E-state index < -0.39 is 27.5 Å². The molecule has 0 unspecified atom stereocenters. The summed E-state index contributed by atoms with van der Waals surface area (Å²) in [6.07, 6.45) is 0.942. The van der Waals surface area contributed by atoms with Crippen LogP contribution in [0, 0.1) is 17.5 Å². The van der Waals surface area contributed by atoms with Crippen LogP contribution in [0.5, 0.6) is 0 Å². The summed E-state index contributed by atoms with van der Waals surface area (Å²) in [6.45, 7) is 0. The van der Waals surface area contributed by atoms with E-state index in [0.717, 1.165) is 18.4 Å². The van der Waals surface area contributed by atoms with Crippen LogP contribution in [0.1, 0.15) is 0 Å². The van der Waals surface area contributed by atoms with Crippen LogP contribution in [0.15, 0.2) is 24.3 Å². The van der Waals surface area contributed by atoms with Crippen molar-refractivity contribution in [3.05, 3.63) is 41.7 Å². The minimum atomic E-state index is -3.49. The molecule has 0 bridgehead atoms. The second kappa shape index (κ2) is 5.56. The number of benzene rings is 1. The van der Waals surface area contributed by atoms with Crippen LogP contribution in [0.3, 0.4) is 0 Å². The topological polar surface area (TPSA) is 84.0 Å². The molecule has 0 aliphatic rings. The van der Waals surface area contributed by atoms with Crippen molar-refractivity contribution in [2.24, 2.45) is 0 Å². The molecule has 1 aromatic carbocycles. The van der Waals surface area contributed by atoms with E-state index in [1.54, 1.807) is 0 Å². The fraction of sp³-hybridized carbons (Fsp3) is 0.0909. The van der Waals surface area contributed by atoms with Crippen LogP contribution >= 0.6 is 0 Å². The first-order chi connectivity index (χ1) is 9.76. The second-order valence-electron chi connectivity index (χ2n) is 4.03. The number of sulfonamides is 1. The molecule has 0 saturated heterocycles. The van der Waals surface area contributed by atoms with Crippen molar-refractivity contribution < 1.29 is 21.6 Å². The maximum absolute atomic E-state index is 13.4. The molecular formula is C11H9F3N4O2S. The Morgan fingerprint density at radius 1 is 0.952 bits per heavy atom. The Morgan fingerprint density at radius 2 is 1.57 bits per heavy atom. The second-order valence-corrected chi connectivity index (χ2v) is 5.77. The van der Waals surface area contributed by atoms with Crippen molar-refractivity contribution in [2.45, 2.75) is 0 Å². The highest BCUT2D eigenvalue weighted by Crippen LogP contribution is 2.22. The lowest BCUT2D eigenvalue weighted by Gasteiger charge is -2.08. The van der Waals surface area contributed by atoms with Crippen molar-refractivity contribution in [3.8, 4) is 0 Å². The Hall–Kier alpha value is -2.36. The summed E-state index contributed by atoms with van der Waals surface area (Å²) < 4.78 is 63.3. The third kappa shape index (κ3) is 3.81. The van der Waals surface area contributed by atoms with Gasteiger partial charge in [-0.05, 0) is 24.3 Å². The molecule has 0 fully saturated rings. The Balaban J connectivity index is 2.19. The van der Waals surface area contributed by atoms with Crippen molar-refractivity contribution in [1.29, 1.82) is 0 Å². The van der Waals surface area contributed by atoms with Gasteiger partial charge in [0.05, 0.1) is 11.9 Å². The fourth-order valence-electron chi connectivity index (χ4n) is 1.40. The van der Waals surface area contributed by atoms with Gasteiger partial charge in [-0.1, -0.05) is 0 Å². The molecule has 2 rings (SSSR count). The maximum atomic E-state index is 13.4. The first-order valence-corrected chi connectivity index (χ1v) is 7.37. The minimum Gasteiger partial charge on any atom is -0.336 e. The highest BCUT2D eigenvalue weighted by atomic mass is 32.2. The van der Waals surface area contributed by atoms with Gasteiger partial charge >= 0.3 is 0 Å². The lowest BCUT2D eigenvalue weighted by Crippen LogP contribution is -2.11. The van der Waals surface area contributed by atoms with Gasteiger partial charge in [0.1, 0.15) is 0 Å². The molecule has 0 saturated carbocycles. The summed E-state index contributed by atoms with van der Waals surface area (Å²) in [4.78, 5) is 0. The molecule has 10 heteroatoms. The molecule has 0 spiro atoms. The van der Waals surface area contributed by atoms with E-state index >= 15 is 0 Å². The van der Waals surface area contributed by atoms with Crippen LogP contribution in [0.4, 0.5) is 30.5 Å². The molecule has 0 amide bonds. The average molecular weight is 318 g/mol. The van der Waals surface area contributed by atoms with Gasteiger partial charge in [0.25, 0.3) is 0 Å². The standard InChI is InChI=1S/C11H9F3N4O2S/c1-21(19,20)18-9-5-4-8(16-17-9)15-7-3-2-6(12)10(13)11(7)14/h2-5H,1H3,(H,15,16)(H,17,18). The number of aromatic nitrogens is 2. The monoisotopic (exact) mass is 318 g/mol. The number of anilines is 3. The van der Waals surface area contributed by atoms with E-state index in [1.165, 1.54) is 12.1 Å². The lowest BCUT2D eigenvalue weighted by molar-refractivity contribution is 0.449. The molecule has 112 valence electrons. The van der Waals surface area contributed by atoms with E-state index in [0.29, 0.717) is 0 Å². The van der Waals surface area contributed by atoms with Gasteiger partial charge in [-0.2, -0.15) is 0 Å². The van der Waals surface area contributed by atoms with Gasteiger partial charge in [0, 0.05) is 0 Å². The zero-order valence-electron chi connectivity index (χ0n) is 10.6. The number of halogens is 3. The van der Waals surface area contributed by atoms with E-state index in [-0.39, 0.29) is 17.3 Å². The van der Waals surface area contributed by atoms with Crippen molar-refractivity contribution >= 4 is 27.3 Å². The van der Waals surface area contributed by atoms with Crippen molar-refractivity contribution in [2.75, 3.05) is 16.3 Å². The fourth-order valence-corrected chi connectivity index (χ4v) is 1.89. The summed E-state index contributed by atoms with van der Waals surface area (Å²) in [7, 11) is -3.49. The molecule has 2 aromatic rings. The van der Waals surface area contributed by atoms with E-state index in [2.05, 4.69) is 20.2 Å². The summed E-state index contributed by atoms with van der Waals surface area (Å²) in [5.74, 6) is -4.32. The van der Waals surface area contributed by atoms with Crippen molar-refractivity contribution in [3.63, 3.8) is 0 Å². The smallest absolute Gasteiger partial charge is 0.231 e. The molecule has 1 aromatic heterocycles. The predicted molar refractivity (Wildman–Crippen MR) is 70.1 cm³/mol. The summed E-state index contributed by atoms with van der Waals surface area (Å²) in [6, 6.07) is 4.32. The van der Waals surface area contributed by atoms with Gasteiger partial charge in [-0.15, -0.1) is 10.2 Å². The average Bonchev–Trinajstić information content (AvgIpc) is 2.40. The Kier molecular flexibility index (Phi) is 3.98. The van der Waals surface area contributed by atoms with Crippen LogP contribution in [0.25, 0.3) is 0 Å². The van der Waals surface area contributed by atoms with Crippen LogP contribution < -0.4 is 10.0 Å². The number of nitrogens with zero attached hydrogens (tertiary/aromatic N) is 2. The highest BCUT2D eigenvalue weighted by Gasteiger charge is 2.14. The normalized spacial score (nSPS) is 11.2. The predicted octanol–water partition coefficient (Wildman–Crippen LogP) is 2.01. The first-order valence-electron chi connectivity index (χ1n) is 5.48. The van der Waals surface area contributed by atoms with E-state index in [4.69, 9.17) is 0 Å². The molecule has 0 radical (unpaired) electrons. The molecule has 2 N–H and O–H groups in total. The van der Waals surface area contributed by atoms with Crippen LogP contribution in [-0.4, -0.2) is 24.9 Å². The molecule has 0 atom stereocenters. The largest absolute Gasteiger partial charge is 0.336 e. The van der Waals surface area contributed by atoms with Crippen LogP contribution in [0.2, 0.25) is 0 Å². The zero-order chi connectivity index (χ0) is 15.6.